The van der Waals surface area contributed by atoms with Gasteiger partial charge in [-0.2, -0.15) is 0 Å². The van der Waals surface area contributed by atoms with Crippen molar-refractivity contribution in [1.29, 1.82) is 0 Å². The Balaban J connectivity index is 2.34. The molecule has 0 bridgehead atoms. The van der Waals surface area contributed by atoms with E-state index in [0.29, 0.717) is 25.8 Å². The summed E-state index contributed by atoms with van der Waals surface area (Å²) in [6.45, 7) is 9.33. The summed E-state index contributed by atoms with van der Waals surface area (Å²) in [6.07, 6.45) is 14.8. The number of nitrogens with zero attached hydrogens (tertiary/aromatic N) is 2. The number of rotatable bonds is 13. The normalized spacial score (nSPS) is 17.0. The van der Waals surface area contributed by atoms with Crippen LogP contribution >= 0.6 is 0 Å². The fraction of sp³-hybridized carbons (Fsp3) is 0.808. The summed E-state index contributed by atoms with van der Waals surface area (Å²) in [7, 11) is 1.80. The number of unbranched alkanes of at least 4 members (excludes halogenated alkanes) is 5. The molecule has 1 fully saturated rings. The fourth-order valence-corrected chi connectivity index (χ4v) is 4.13. The molecule has 0 radical (unpaired) electrons. The largest absolute Gasteiger partial charge is 0.346 e. The summed E-state index contributed by atoms with van der Waals surface area (Å²) in [5.41, 5.74) is -0.358. The SMILES string of the molecule is C#CCCCCCCCC(=O)N(C)CCCC(=O)NC(C(=O)N1CCCC1C)C(C)(C)C. The lowest BCUT2D eigenvalue weighted by Crippen LogP contribution is -2.55. The molecule has 182 valence electrons. The van der Waals surface area contributed by atoms with Gasteiger partial charge in [0.1, 0.15) is 6.04 Å². The van der Waals surface area contributed by atoms with Crippen LogP contribution < -0.4 is 5.32 Å². The van der Waals surface area contributed by atoms with Crippen molar-refractivity contribution in [2.45, 2.75) is 110 Å². The van der Waals surface area contributed by atoms with E-state index in [4.69, 9.17) is 6.42 Å². The molecule has 2 unspecified atom stereocenters. The molecule has 1 heterocycles. The minimum absolute atomic E-state index is 0.0161. The molecule has 6 heteroatoms. The van der Waals surface area contributed by atoms with E-state index < -0.39 is 6.04 Å². The molecule has 2 atom stereocenters. The van der Waals surface area contributed by atoms with Crippen LogP contribution in [0, 0.1) is 17.8 Å². The van der Waals surface area contributed by atoms with E-state index in [0.717, 1.165) is 57.9 Å². The van der Waals surface area contributed by atoms with Gasteiger partial charge in [-0.1, -0.05) is 40.0 Å². The van der Waals surface area contributed by atoms with E-state index in [9.17, 15) is 14.4 Å². The van der Waals surface area contributed by atoms with Gasteiger partial charge >= 0.3 is 0 Å². The predicted octanol–water partition coefficient (Wildman–Crippen LogP) is 4.13. The van der Waals surface area contributed by atoms with Crippen LogP contribution in [0.3, 0.4) is 0 Å². The van der Waals surface area contributed by atoms with Crippen molar-refractivity contribution < 1.29 is 14.4 Å². The molecule has 1 aliphatic heterocycles. The highest BCUT2D eigenvalue weighted by Gasteiger charge is 2.38. The Morgan fingerprint density at radius 2 is 1.75 bits per heavy atom. The van der Waals surface area contributed by atoms with E-state index in [1.807, 2.05) is 25.7 Å². The number of hydrogen-bond acceptors (Lipinski definition) is 3. The zero-order chi connectivity index (χ0) is 24.1. The van der Waals surface area contributed by atoms with Crippen LogP contribution in [-0.4, -0.2) is 59.7 Å². The Morgan fingerprint density at radius 3 is 2.34 bits per heavy atom. The molecule has 0 aromatic rings. The monoisotopic (exact) mass is 447 g/mol. The lowest BCUT2D eigenvalue weighted by molar-refractivity contribution is -0.140. The van der Waals surface area contributed by atoms with E-state index in [2.05, 4.69) is 18.2 Å². The molecule has 0 aromatic carbocycles. The highest BCUT2D eigenvalue weighted by molar-refractivity contribution is 5.88. The first-order chi connectivity index (χ1) is 15.1. The minimum atomic E-state index is -0.532. The molecular formula is C26H45N3O3. The summed E-state index contributed by atoms with van der Waals surface area (Å²) in [4.78, 5) is 41.5. The Morgan fingerprint density at radius 1 is 1.09 bits per heavy atom. The summed E-state index contributed by atoms with van der Waals surface area (Å²) < 4.78 is 0. The lowest BCUT2D eigenvalue weighted by atomic mass is 9.85. The van der Waals surface area contributed by atoms with Gasteiger partial charge in [0, 0.05) is 45.4 Å². The second-order valence-electron chi connectivity index (χ2n) is 10.3. The van der Waals surface area contributed by atoms with Gasteiger partial charge in [-0.25, -0.2) is 0 Å². The zero-order valence-corrected chi connectivity index (χ0v) is 21.0. The molecule has 0 saturated carbocycles. The molecule has 32 heavy (non-hydrogen) atoms. The highest BCUT2D eigenvalue weighted by atomic mass is 16.2. The van der Waals surface area contributed by atoms with Crippen LogP contribution in [0.1, 0.15) is 98.3 Å². The van der Waals surface area contributed by atoms with Gasteiger partial charge in [0.25, 0.3) is 0 Å². The van der Waals surface area contributed by atoms with Crippen molar-refractivity contribution in [3.63, 3.8) is 0 Å². The molecule has 1 N–H and O–H groups in total. The van der Waals surface area contributed by atoms with Crippen molar-refractivity contribution in [2.75, 3.05) is 20.1 Å². The number of carbonyl (C=O) groups is 3. The maximum atomic E-state index is 13.1. The van der Waals surface area contributed by atoms with Crippen LogP contribution in [0.2, 0.25) is 0 Å². The van der Waals surface area contributed by atoms with Crippen LogP contribution in [0.5, 0.6) is 0 Å². The van der Waals surface area contributed by atoms with Crippen molar-refractivity contribution in [3.8, 4) is 12.3 Å². The summed E-state index contributed by atoms with van der Waals surface area (Å²) in [5, 5.41) is 2.97. The Kier molecular flexibility index (Phi) is 12.4. The maximum Gasteiger partial charge on any atom is 0.245 e. The van der Waals surface area contributed by atoms with Gasteiger partial charge in [0.2, 0.25) is 17.7 Å². The molecule has 0 aromatic heterocycles. The number of nitrogens with one attached hydrogen (secondary N) is 1. The first kappa shape index (κ1) is 28.0. The topological polar surface area (TPSA) is 69.7 Å². The number of hydrogen-bond donors (Lipinski definition) is 1. The third-order valence-electron chi connectivity index (χ3n) is 6.29. The number of likely N-dealkylation sites (tertiary alicyclic amines) is 1. The standard InChI is InChI=1S/C26H45N3O3/c1-7-8-9-10-11-12-13-18-23(31)28(6)19-15-17-22(30)27-24(26(3,4)5)25(32)29-20-14-16-21(29)2/h1,21,24H,8-20H2,2-6H3,(H,27,30). The van der Waals surface area contributed by atoms with Crippen molar-refractivity contribution in [1.82, 2.24) is 15.1 Å². The van der Waals surface area contributed by atoms with E-state index in [1.165, 1.54) is 0 Å². The van der Waals surface area contributed by atoms with Crippen molar-refractivity contribution in [3.05, 3.63) is 0 Å². The molecular weight excluding hydrogens is 402 g/mol. The second kappa shape index (κ2) is 14.2. The van der Waals surface area contributed by atoms with E-state index in [-0.39, 0.29) is 29.2 Å². The summed E-state index contributed by atoms with van der Waals surface area (Å²) in [5.74, 6) is 2.66. The van der Waals surface area contributed by atoms with E-state index in [1.54, 1.807) is 11.9 Å². The molecule has 6 nitrogen and oxygen atoms in total. The molecule has 1 saturated heterocycles. The van der Waals surface area contributed by atoms with Gasteiger partial charge in [-0.05, 0) is 44.4 Å². The highest BCUT2D eigenvalue weighted by Crippen LogP contribution is 2.25. The smallest absolute Gasteiger partial charge is 0.245 e. The quantitative estimate of drug-likeness (QED) is 0.341. The molecule has 0 spiro atoms. The number of terminal acetylenes is 1. The summed E-state index contributed by atoms with van der Waals surface area (Å²) >= 11 is 0. The molecule has 3 amide bonds. The minimum Gasteiger partial charge on any atom is -0.346 e. The van der Waals surface area contributed by atoms with Gasteiger partial charge < -0.3 is 15.1 Å². The first-order valence-corrected chi connectivity index (χ1v) is 12.3. The average Bonchev–Trinajstić information content (AvgIpc) is 3.15. The van der Waals surface area contributed by atoms with Gasteiger partial charge in [-0.15, -0.1) is 12.3 Å². The van der Waals surface area contributed by atoms with Gasteiger partial charge in [0.15, 0.2) is 0 Å². The average molecular weight is 448 g/mol. The molecule has 1 rings (SSSR count). The third-order valence-corrected chi connectivity index (χ3v) is 6.29. The van der Waals surface area contributed by atoms with E-state index >= 15 is 0 Å². The Labute approximate surface area is 195 Å². The van der Waals surface area contributed by atoms with Crippen LogP contribution in [-0.2, 0) is 14.4 Å². The zero-order valence-electron chi connectivity index (χ0n) is 21.0. The lowest BCUT2D eigenvalue weighted by Gasteiger charge is -2.35. The van der Waals surface area contributed by atoms with Crippen molar-refractivity contribution in [2.24, 2.45) is 5.41 Å². The van der Waals surface area contributed by atoms with Crippen LogP contribution in [0.15, 0.2) is 0 Å². The van der Waals surface area contributed by atoms with Gasteiger partial charge in [-0.3, -0.25) is 14.4 Å². The van der Waals surface area contributed by atoms with Gasteiger partial charge in [0.05, 0.1) is 0 Å². The van der Waals surface area contributed by atoms with Crippen LogP contribution in [0.4, 0.5) is 0 Å². The third kappa shape index (κ3) is 10.1. The molecule has 0 aliphatic carbocycles. The predicted molar refractivity (Wildman–Crippen MR) is 130 cm³/mol. The van der Waals surface area contributed by atoms with Crippen LogP contribution in [0.25, 0.3) is 0 Å². The Bertz CT molecular complexity index is 648. The first-order valence-electron chi connectivity index (χ1n) is 12.3. The number of amides is 3. The maximum absolute atomic E-state index is 13.1. The Hall–Kier alpha value is -2.03. The number of carbonyl (C=O) groups excluding carboxylic acids is 3. The fourth-order valence-electron chi connectivity index (χ4n) is 4.13. The van der Waals surface area contributed by atoms with Crippen molar-refractivity contribution >= 4 is 17.7 Å². The summed E-state index contributed by atoms with van der Waals surface area (Å²) in [6, 6.07) is -0.303. The molecule has 1 aliphatic rings. The second-order valence-corrected chi connectivity index (χ2v) is 10.3.